The minimum atomic E-state index is 0.700. The zero-order chi connectivity index (χ0) is 20.6. The molecular formula is C24H33N5O. The van der Waals surface area contributed by atoms with Crippen LogP contribution in [0, 0.1) is 0 Å². The third-order valence-corrected chi connectivity index (χ3v) is 5.95. The first-order valence-electron chi connectivity index (χ1n) is 11.3. The summed E-state index contributed by atoms with van der Waals surface area (Å²) in [5, 5.41) is 0. The van der Waals surface area contributed by atoms with Gasteiger partial charge in [0, 0.05) is 38.8 Å². The number of hydrogen-bond donors (Lipinski definition) is 0. The van der Waals surface area contributed by atoms with Crippen molar-refractivity contribution in [3.05, 3.63) is 54.1 Å². The minimum Gasteiger partial charge on any atom is -0.476 e. The van der Waals surface area contributed by atoms with Crippen LogP contribution in [-0.4, -0.2) is 59.2 Å². The fourth-order valence-electron chi connectivity index (χ4n) is 4.25. The van der Waals surface area contributed by atoms with Crippen LogP contribution in [0.1, 0.15) is 42.8 Å². The van der Waals surface area contributed by atoms with Gasteiger partial charge in [0.2, 0.25) is 5.88 Å². The van der Waals surface area contributed by atoms with Gasteiger partial charge in [-0.2, -0.15) is 0 Å². The van der Waals surface area contributed by atoms with Crippen molar-refractivity contribution in [2.24, 2.45) is 0 Å². The molecule has 0 atom stereocenters. The molecule has 0 unspecified atom stereocenters. The lowest BCUT2D eigenvalue weighted by atomic mass is 10.0. The van der Waals surface area contributed by atoms with Gasteiger partial charge in [-0.05, 0) is 57.2 Å². The second-order valence-electron chi connectivity index (χ2n) is 8.14. The van der Waals surface area contributed by atoms with Gasteiger partial charge in [-0.1, -0.05) is 12.1 Å². The van der Waals surface area contributed by atoms with E-state index in [1.165, 1.54) is 12.8 Å². The molecule has 6 nitrogen and oxygen atoms in total. The summed E-state index contributed by atoms with van der Waals surface area (Å²) in [5.74, 6) is 1.81. The smallest absolute Gasteiger partial charge is 0.236 e. The predicted octanol–water partition coefficient (Wildman–Crippen LogP) is 3.46. The lowest BCUT2D eigenvalue weighted by Crippen LogP contribution is -2.46. The van der Waals surface area contributed by atoms with E-state index in [1.807, 2.05) is 18.3 Å². The van der Waals surface area contributed by atoms with Crippen LogP contribution in [0.15, 0.2) is 37.1 Å². The number of allylic oxidation sites excluding steroid dienone is 1. The molecular weight excluding hydrogens is 374 g/mol. The van der Waals surface area contributed by atoms with Gasteiger partial charge in [0.05, 0.1) is 18.0 Å². The van der Waals surface area contributed by atoms with E-state index in [-0.39, 0.29) is 0 Å². The quantitative estimate of drug-likeness (QED) is 0.469. The monoisotopic (exact) mass is 407 g/mol. The molecule has 2 aliphatic rings. The molecule has 1 aliphatic heterocycles. The molecule has 0 aromatic carbocycles. The van der Waals surface area contributed by atoms with Crippen LogP contribution in [0.4, 0.5) is 5.82 Å². The van der Waals surface area contributed by atoms with Crippen LogP contribution in [0.2, 0.25) is 0 Å². The molecule has 4 rings (SSSR count). The van der Waals surface area contributed by atoms with Gasteiger partial charge in [0.15, 0.2) is 0 Å². The van der Waals surface area contributed by atoms with Gasteiger partial charge in [-0.25, -0.2) is 15.0 Å². The Hall–Kier alpha value is -2.47. The minimum absolute atomic E-state index is 0.700. The predicted molar refractivity (Wildman–Crippen MR) is 120 cm³/mol. The molecule has 0 bridgehead atoms. The summed E-state index contributed by atoms with van der Waals surface area (Å²) < 4.78 is 6.06. The van der Waals surface area contributed by atoms with E-state index in [9.17, 15) is 0 Å². The van der Waals surface area contributed by atoms with E-state index < -0.39 is 0 Å². The molecule has 30 heavy (non-hydrogen) atoms. The topological polar surface area (TPSA) is 54.4 Å². The van der Waals surface area contributed by atoms with Gasteiger partial charge >= 0.3 is 0 Å². The summed E-state index contributed by atoms with van der Waals surface area (Å²) in [5.41, 5.74) is 3.24. The zero-order valence-electron chi connectivity index (χ0n) is 17.9. The number of anilines is 1. The molecule has 0 radical (unpaired) electrons. The van der Waals surface area contributed by atoms with E-state index in [1.54, 1.807) is 0 Å². The number of hydrogen-bond acceptors (Lipinski definition) is 6. The molecule has 0 N–H and O–H groups in total. The maximum absolute atomic E-state index is 6.06. The first-order chi connectivity index (χ1) is 14.8. The van der Waals surface area contributed by atoms with E-state index in [0.29, 0.717) is 6.61 Å². The van der Waals surface area contributed by atoms with Crippen molar-refractivity contribution in [3.8, 4) is 5.88 Å². The van der Waals surface area contributed by atoms with Gasteiger partial charge in [0.1, 0.15) is 11.5 Å². The highest BCUT2D eigenvalue weighted by molar-refractivity contribution is 5.38. The lowest BCUT2D eigenvalue weighted by Gasteiger charge is -2.35. The molecule has 1 saturated heterocycles. The number of piperazine rings is 1. The van der Waals surface area contributed by atoms with Crippen LogP contribution in [0.3, 0.4) is 0 Å². The first-order valence-corrected chi connectivity index (χ1v) is 11.3. The van der Waals surface area contributed by atoms with Crippen LogP contribution in [-0.2, 0) is 19.3 Å². The summed E-state index contributed by atoms with van der Waals surface area (Å²) in [7, 11) is 0. The maximum atomic E-state index is 6.06. The molecule has 2 aromatic heterocycles. The van der Waals surface area contributed by atoms with Gasteiger partial charge in [-0.3, -0.25) is 4.90 Å². The Morgan fingerprint density at radius 2 is 1.80 bits per heavy atom. The first kappa shape index (κ1) is 20.8. The average Bonchev–Trinajstić information content (AvgIpc) is 2.80. The van der Waals surface area contributed by atoms with Crippen LogP contribution >= 0.6 is 0 Å². The van der Waals surface area contributed by atoms with E-state index in [2.05, 4.69) is 33.5 Å². The third-order valence-electron chi connectivity index (χ3n) is 5.95. The molecule has 1 fully saturated rings. The number of aryl methyl sites for hydroxylation is 2. The number of pyridine rings is 1. The van der Waals surface area contributed by atoms with Gasteiger partial charge in [0.25, 0.3) is 0 Å². The average molecular weight is 408 g/mol. The van der Waals surface area contributed by atoms with Crippen molar-refractivity contribution in [2.75, 3.05) is 44.2 Å². The Balaban J connectivity index is 1.19. The summed E-state index contributed by atoms with van der Waals surface area (Å²) in [6, 6.07) is 6.12. The van der Waals surface area contributed by atoms with Gasteiger partial charge < -0.3 is 9.64 Å². The summed E-state index contributed by atoms with van der Waals surface area (Å²) in [6.07, 6.45) is 11.1. The van der Waals surface area contributed by atoms with Gasteiger partial charge in [-0.15, -0.1) is 6.58 Å². The van der Waals surface area contributed by atoms with E-state index >= 15 is 0 Å². The molecule has 160 valence electrons. The number of aromatic nitrogens is 3. The molecule has 2 aromatic rings. The molecule has 0 spiro atoms. The normalized spacial score (nSPS) is 16.9. The summed E-state index contributed by atoms with van der Waals surface area (Å²) in [4.78, 5) is 19.0. The highest BCUT2D eigenvalue weighted by Gasteiger charge is 2.18. The van der Waals surface area contributed by atoms with E-state index in [4.69, 9.17) is 14.7 Å². The fraction of sp³-hybridized carbons (Fsp3) is 0.542. The highest BCUT2D eigenvalue weighted by Crippen LogP contribution is 2.24. The van der Waals surface area contributed by atoms with Crippen LogP contribution < -0.4 is 9.64 Å². The van der Waals surface area contributed by atoms with Crippen molar-refractivity contribution in [3.63, 3.8) is 0 Å². The van der Waals surface area contributed by atoms with E-state index in [0.717, 1.165) is 93.6 Å². The largest absolute Gasteiger partial charge is 0.476 e. The Morgan fingerprint density at radius 3 is 2.53 bits per heavy atom. The number of ether oxygens (including phenoxy) is 1. The third kappa shape index (κ3) is 5.36. The number of unbranched alkanes of at least 4 members (excludes halogenated alkanes) is 1. The second kappa shape index (κ2) is 10.5. The number of rotatable bonds is 9. The maximum Gasteiger partial charge on any atom is 0.236 e. The van der Waals surface area contributed by atoms with Crippen molar-refractivity contribution >= 4 is 5.82 Å². The Morgan fingerprint density at radius 1 is 1.00 bits per heavy atom. The standard InChI is InChI=1S/C24H33N5O/c1-2-9-22-24(27-21-11-4-3-10-20(21)26-22)30-19-8-7-14-28-15-17-29(18-16-28)23-12-5-6-13-25-23/h2,5-6,12-13H,1,3-4,7-11,14-19H2. The number of nitrogens with zero attached hydrogens (tertiary/aromatic N) is 5. The summed E-state index contributed by atoms with van der Waals surface area (Å²) >= 11 is 0. The molecule has 0 saturated carbocycles. The van der Waals surface area contributed by atoms with Crippen molar-refractivity contribution in [2.45, 2.75) is 44.9 Å². The van der Waals surface area contributed by atoms with Crippen LogP contribution in [0.25, 0.3) is 0 Å². The van der Waals surface area contributed by atoms with Crippen molar-refractivity contribution in [1.29, 1.82) is 0 Å². The second-order valence-corrected chi connectivity index (χ2v) is 8.14. The molecule has 3 heterocycles. The fourth-order valence-corrected chi connectivity index (χ4v) is 4.25. The SMILES string of the molecule is C=CCc1nc2c(nc1OCCCCN1CCN(c3ccccn3)CC1)CCCC2. The molecule has 0 amide bonds. The van der Waals surface area contributed by atoms with Crippen LogP contribution in [0.5, 0.6) is 5.88 Å². The zero-order valence-corrected chi connectivity index (χ0v) is 17.9. The number of fused-ring (bicyclic) bond motifs is 1. The molecule has 6 heteroatoms. The molecule has 1 aliphatic carbocycles. The Labute approximate surface area is 180 Å². The highest BCUT2D eigenvalue weighted by atomic mass is 16.5. The van der Waals surface area contributed by atoms with Crippen molar-refractivity contribution < 1.29 is 4.74 Å². The lowest BCUT2D eigenvalue weighted by molar-refractivity contribution is 0.235. The Kier molecular flexibility index (Phi) is 7.29. The summed E-state index contributed by atoms with van der Waals surface area (Å²) in [6.45, 7) is 9.96. The Bertz CT molecular complexity index is 818. The van der Waals surface area contributed by atoms with Crippen molar-refractivity contribution in [1.82, 2.24) is 19.9 Å².